The minimum Gasteiger partial charge on any atom is -0.508 e. The Hall–Kier alpha value is -3.42. The predicted molar refractivity (Wildman–Crippen MR) is 101 cm³/mol. The molecule has 28 heavy (non-hydrogen) atoms. The minimum atomic E-state index is -4.82. The molecule has 0 aliphatic carbocycles. The van der Waals surface area contributed by atoms with Gasteiger partial charge in [-0.3, -0.25) is 0 Å². The second-order valence-corrected chi connectivity index (χ2v) is 6.33. The quantitative estimate of drug-likeness (QED) is 0.512. The van der Waals surface area contributed by atoms with Crippen molar-refractivity contribution in [2.75, 3.05) is 12.4 Å². The first-order valence-corrected chi connectivity index (χ1v) is 8.46. The molecule has 0 spiro atoms. The number of phenols is 1. The molecular weight excluding hydrogens is 371 g/mol. The van der Waals surface area contributed by atoms with E-state index in [2.05, 4.69) is 15.0 Å². The number of hydrogen-bond acceptors (Lipinski definition) is 4. The molecule has 2 aromatic heterocycles. The Labute approximate surface area is 158 Å². The molecule has 0 saturated heterocycles. The van der Waals surface area contributed by atoms with Gasteiger partial charge in [-0.2, -0.15) is 0 Å². The number of para-hydroxylation sites is 1. The molecule has 2 aromatic carbocycles. The van der Waals surface area contributed by atoms with Crippen LogP contribution in [0.4, 0.5) is 19.0 Å². The smallest absolute Gasteiger partial charge is 0.508 e. The van der Waals surface area contributed by atoms with Gasteiger partial charge in [-0.15, -0.1) is 13.2 Å². The van der Waals surface area contributed by atoms with E-state index in [0.717, 1.165) is 16.6 Å². The third kappa shape index (κ3) is 2.96. The zero-order valence-corrected chi connectivity index (χ0v) is 15.0. The van der Waals surface area contributed by atoms with Crippen LogP contribution in [0.1, 0.15) is 5.56 Å². The molecule has 0 aliphatic rings. The van der Waals surface area contributed by atoms with Crippen LogP contribution in [0.25, 0.3) is 27.5 Å². The number of phenolic OH excluding ortho intramolecular Hbond substituents is 1. The molecule has 0 unspecified atom stereocenters. The second kappa shape index (κ2) is 6.33. The van der Waals surface area contributed by atoms with Crippen LogP contribution in [0.3, 0.4) is 0 Å². The Balaban J connectivity index is 2.08. The zero-order valence-electron chi connectivity index (χ0n) is 15.0. The van der Waals surface area contributed by atoms with Crippen molar-refractivity contribution in [3.8, 4) is 17.2 Å². The van der Waals surface area contributed by atoms with E-state index < -0.39 is 6.36 Å². The van der Waals surface area contributed by atoms with Crippen LogP contribution in [-0.2, 0) is 0 Å². The number of rotatable bonds is 3. The molecular formula is C20H16F3N3O2. The van der Waals surface area contributed by atoms with E-state index in [1.807, 2.05) is 23.8 Å². The van der Waals surface area contributed by atoms with Gasteiger partial charge in [0.1, 0.15) is 17.1 Å². The van der Waals surface area contributed by atoms with Crippen LogP contribution in [0, 0.1) is 6.92 Å². The molecule has 0 radical (unpaired) electrons. The summed E-state index contributed by atoms with van der Waals surface area (Å²) in [5.74, 6) is 0.218. The maximum atomic E-state index is 12.8. The van der Waals surface area contributed by atoms with Crippen LogP contribution in [-0.4, -0.2) is 28.1 Å². The van der Waals surface area contributed by atoms with Gasteiger partial charge in [0.15, 0.2) is 5.75 Å². The highest BCUT2D eigenvalue weighted by molar-refractivity contribution is 6.10. The van der Waals surface area contributed by atoms with Gasteiger partial charge in [0, 0.05) is 29.7 Å². The summed E-state index contributed by atoms with van der Waals surface area (Å²) in [4.78, 5) is 4.36. The van der Waals surface area contributed by atoms with Gasteiger partial charge in [-0.05, 0) is 42.8 Å². The van der Waals surface area contributed by atoms with E-state index in [4.69, 9.17) is 0 Å². The lowest BCUT2D eigenvalue weighted by Gasteiger charge is -2.15. The minimum absolute atomic E-state index is 0.105. The van der Waals surface area contributed by atoms with Crippen molar-refractivity contribution in [1.29, 1.82) is 0 Å². The average molecular weight is 387 g/mol. The Morgan fingerprint density at radius 1 is 1.11 bits per heavy atom. The summed E-state index contributed by atoms with van der Waals surface area (Å²) in [6.45, 7) is 1.85. The largest absolute Gasteiger partial charge is 0.573 e. The van der Waals surface area contributed by atoms with Gasteiger partial charge in [-0.25, -0.2) is 4.98 Å². The van der Waals surface area contributed by atoms with Crippen molar-refractivity contribution < 1.29 is 23.0 Å². The summed E-state index contributed by atoms with van der Waals surface area (Å²) in [7, 11) is 1.66. The number of fused-ring (bicyclic) bond motifs is 3. The van der Waals surface area contributed by atoms with E-state index in [-0.39, 0.29) is 17.0 Å². The molecule has 5 nitrogen and oxygen atoms in total. The number of nitrogens with zero attached hydrogens (tertiary/aromatic N) is 2. The Morgan fingerprint density at radius 2 is 1.89 bits per heavy atom. The number of pyridine rings is 1. The van der Waals surface area contributed by atoms with Crippen molar-refractivity contribution >= 4 is 27.6 Å². The number of benzene rings is 2. The first-order chi connectivity index (χ1) is 13.3. The van der Waals surface area contributed by atoms with E-state index in [0.29, 0.717) is 16.7 Å². The van der Waals surface area contributed by atoms with Crippen LogP contribution in [0.15, 0.2) is 48.7 Å². The van der Waals surface area contributed by atoms with Crippen LogP contribution < -0.4 is 10.1 Å². The van der Waals surface area contributed by atoms with Gasteiger partial charge in [-0.1, -0.05) is 12.1 Å². The number of halogens is 3. The van der Waals surface area contributed by atoms with Crippen molar-refractivity contribution in [2.24, 2.45) is 0 Å². The highest BCUT2D eigenvalue weighted by Crippen LogP contribution is 2.38. The average Bonchev–Trinajstić information content (AvgIpc) is 3.05. The fraction of sp³-hybridized carbons (Fsp3) is 0.150. The molecule has 0 aliphatic heterocycles. The fourth-order valence-corrected chi connectivity index (χ4v) is 3.41. The summed E-state index contributed by atoms with van der Waals surface area (Å²) < 4.78 is 44.6. The Morgan fingerprint density at radius 3 is 2.57 bits per heavy atom. The normalized spacial score (nSPS) is 11.9. The second-order valence-electron chi connectivity index (χ2n) is 6.33. The first kappa shape index (κ1) is 18.0. The summed E-state index contributed by atoms with van der Waals surface area (Å²) in [5, 5.41) is 13.9. The van der Waals surface area contributed by atoms with E-state index >= 15 is 0 Å². The third-order valence-electron chi connectivity index (χ3n) is 4.52. The molecule has 4 aromatic rings. The molecule has 0 fully saturated rings. The van der Waals surface area contributed by atoms with Gasteiger partial charge >= 0.3 is 6.36 Å². The monoisotopic (exact) mass is 387 g/mol. The van der Waals surface area contributed by atoms with E-state index in [1.165, 1.54) is 12.1 Å². The zero-order chi connectivity index (χ0) is 20.1. The van der Waals surface area contributed by atoms with Gasteiger partial charge in [0.05, 0.1) is 5.52 Å². The van der Waals surface area contributed by atoms with Gasteiger partial charge < -0.3 is 19.7 Å². The highest BCUT2D eigenvalue weighted by atomic mass is 19.4. The SMILES string of the molecule is CNc1nc2c(OC(F)(F)F)cccc2c2c1ccn2-c1ccc(O)cc1C. The van der Waals surface area contributed by atoms with E-state index in [1.54, 1.807) is 31.3 Å². The summed E-state index contributed by atoms with van der Waals surface area (Å²) in [6, 6.07) is 11.2. The highest BCUT2D eigenvalue weighted by Gasteiger charge is 2.32. The standard InChI is InChI=1S/C20H16F3N3O2/c1-11-10-12(27)6-7-15(11)26-9-8-14-18(26)13-4-3-5-16(28-20(21,22)23)17(13)25-19(14)24-2/h3-10,27H,1-2H3,(H,24,25). The maximum Gasteiger partial charge on any atom is 0.573 e. The maximum absolute atomic E-state index is 12.8. The summed E-state index contributed by atoms with van der Waals surface area (Å²) >= 11 is 0. The molecule has 8 heteroatoms. The van der Waals surface area contributed by atoms with Crippen molar-refractivity contribution in [3.63, 3.8) is 0 Å². The Kier molecular flexibility index (Phi) is 4.06. The molecule has 0 atom stereocenters. The molecule has 144 valence electrons. The number of nitrogens with one attached hydrogen (secondary N) is 1. The number of ether oxygens (including phenoxy) is 1. The van der Waals surface area contributed by atoms with Crippen LogP contribution in [0.2, 0.25) is 0 Å². The lowest BCUT2D eigenvalue weighted by Crippen LogP contribution is -2.17. The number of aryl methyl sites for hydroxylation is 1. The van der Waals surface area contributed by atoms with Crippen LogP contribution in [0.5, 0.6) is 11.5 Å². The first-order valence-electron chi connectivity index (χ1n) is 8.46. The van der Waals surface area contributed by atoms with Crippen molar-refractivity contribution in [3.05, 3.63) is 54.2 Å². The summed E-state index contributed by atoms with van der Waals surface area (Å²) in [6.07, 6.45) is -3.00. The van der Waals surface area contributed by atoms with Gasteiger partial charge in [0.25, 0.3) is 0 Å². The van der Waals surface area contributed by atoms with Crippen molar-refractivity contribution in [2.45, 2.75) is 13.3 Å². The lowest BCUT2D eigenvalue weighted by atomic mass is 10.1. The molecule has 2 N–H and O–H groups in total. The number of aromatic nitrogens is 2. The molecule has 0 bridgehead atoms. The lowest BCUT2D eigenvalue weighted by molar-refractivity contribution is -0.274. The summed E-state index contributed by atoms with van der Waals surface area (Å²) in [5.41, 5.74) is 2.41. The number of hydrogen-bond donors (Lipinski definition) is 2. The molecule has 4 rings (SSSR count). The topological polar surface area (TPSA) is 59.3 Å². The fourth-order valence-electron chi connectivity index (χ4n) is 3.41. The predicted octanol–water partition coefficient (Wildman–Crippen LogP) is 5.13. The number of alkyl halides is 3. The molecule has 0 amide bonds. The molecule has 2 heterocycles. The van der Waals surface area contributed by atoms with E-state index in [9.17, 15) is 18.3 Å². The number of aromatic hydroxyl groups is 1. The van der Waals surface area contributed by atoms with Crippen molar-refractivity contribution in [1.82, 2.24) is 9.55 Å². The third-order valence-corrected chi connectivity index (χ3v) is 4.52. The van der Waals surface area contributed by atoms with Gasteiger partial charge in [0.2, 0.25) is 0 Å². The van der Waals surface area contributed by atoms with Crippen LogP contribution >= 0.6 is 0 Å². The number of anilines is 1. The molecule has 0 saturated carbocycles. The Bertz CT molecular complexity index is 1200.